The highest BCUT2D eigenvalue weighted by molar-refractivity contribution is 5.98. The number of carbonyl (C=O) groups excluding carboxylic acids is 3. The van der Waals surface area contributed by atoms with Gasteiger partial charge >= 0.3 is 0 Å². The van der Waals surface area contributed by atoms with Gasteiger partial charge in [-0.2, -0.15) is 0 Å². The number of ether oxygens (including phenoxy) is 1. The minimum atomic E-state index is -1.00. The quantitative estimate of drug-likeness (QED) is 0.464. The number of hydrogen-bond donors (Lipinski definition) is 3. The molecule has 1 atom stereocenters. The summed E-state index contributed by atoms with van der Waals surface area (Å²) >= 11 is 0. The van der Waals surface area contributed by atoms with E-state index in [2.05, 4.69) is 16.2 Å². The maximum Gasteiger partial charge on any atom is 0.276 e. The Labute approximate surface area is 172 Å². The second-order valence-corrected chi connectivity index (χ2v) is 6.65. The molecule has 0 radical (unpaired) electrons. The maximum atomic E-state index is 12.2. The van der Waals surface area contributed by atoms with Crippen LogP contribution in [0.4, 0.5) is 5.69 Å². The van der Waals surface area contributed by atoms with Gasteiger partial charge in [-0.1, -0.05) is 12.1 Å². The molecule has 0 saturated carbocycles. The zero-order valence-corrected chi connectivity index (χ0v) is 16.7. The molecule has 30 heavy (non-hydrogen) atoms. The third-order valence-corrected chi connectivity index (χ3v) is 3.95. The first kappa shape index (κ1) is 22.3. The van der Waals surface area contributed by atoms with Crippen LogP contribution in [0.3, 0.4) is 0 Å². The number of hydrogen-bond acceptors (Lipinski definition) is 6. The molecule has 1 unspecified atom stereocenters. The lowest BCUT2D eigenvalue weighted by Gasteiger charge is -2.15. The van der Waals surface area contributed by atoms with Crippen molar-refractivity contribution in [1.82, 2.24) is 16.2 Å². The number of nitrogens with zero attached hydrogens (tertiary/aromatic N) is 1. The van der Waals surface area contributed by atoms with Gasteiger partial charge in [0, 0.05) is 17.7 Å². The van der Waals surface area contributed by atoms with Crippen molar-refractivity contribution < 1.29 is 24.0 Å². The lowest BCUT2D eigenvalue weighted by Crippen LogP contribution is -2.51. The molecular formula is C20H22N4O6. The number of aryl methyl sites for hydroxylation is 2. The van der Waals surface area contributed by atoms with Gasteiger partial charge in [0.15, 0.2) is 6.61 Å². The predicted molar refractivity (Wildman–Crippen MR) is 108 cm³/mol. The van der Waals surface area contributed by atoms with Crippen LogP contribution in [-0.2, 0) is 9.59 Å². The van der Waals surface area contributed by atoms with E-state index in [1.54, 1.807) is 12.1 Å². The van der Waals surface area contributed by atoms with Crippen LogP contribution >= 0.6 is 0 Å². The van der Waals surface area contributed by atoms with Crippen molar-refractivity contribution in [3.8, 4) is 5.75 Å². The number of nitro groups is 1. The SMILES string of the molecule is Cc1cc(C)cc(OCC(=O)NNC(=O)C(C)NC(=O)c2cccc([N+](=O)[O-])c2)c1. The Morgan fingerprint density at radius 1 is 1.07 bits per heavy atom. The van der Waals surface area contributed by atoms with Crippen LogP contribution in [0, 0.1) is 24.0 Å². The second-order valence-electron chi connectivity index (χ2n) is 6.65. The normalized spacial score (nSPS) is 11.2. The fourth-order valence-electron chi connectivity index (χ4n) is 2.55. The van der Waals surface area contributed by atoms with Crippen molar-refractivity contribution in [3.63, 3.8) is 0 Å². The first-order valence-corrected chi connectivity index (χ1v) is 9.01. The molecule has 2 rings (SSSR count). The van der Waals surface area contributed by atoms with Crippen molar-refractivity contribution >= 4 is 23.4 Å². The first-order valence-electron chi connectivity index (χ1n) is 9.01. The minimum absolute atomic E-state index is 0.0368. The molecule has 0 fully saturated rings. The van der Waals surface area contributed by atoms with Gasteiger partial charge in [-0.05, 0) is 50.1 Å². The van der Waals surface area contributed by atoms with Gasteiger partial charge in [0.2, 0.25) is 0 Å². The third kappa shape index (κ3) is 6.59. The topological polar surface area (TPSA) is 140 Å². The van der Waals surface area contributed by atoms with Gasteiger partial charge in [-0.25, -0.2) is 0 Å². The van der Waals surface area contributed by atoms with E-state index >= 15 is 0 Å². The van der Waals surface area contributed by atoms with E-state index in [-0.39, 0.29) is 17.9 Å². The van der Waals surface area contributed by atoms with Crippen LogP contribution in [-0.4, -0.2) is 35.3 Å². The molecular weight excluding hydrogens is 392 g/mol. The lowest BCUT2D eigenvalue weighted by molar-refractivity contribution is -0.384. The van der Waals surface area contributed by atoms with Crippen molar-refractivity contribution in [2.75, 3.05) is 6.61 Å². The molecule has 158 valence electrons. The number of hydrazine groups is 1. The summed E-state index contributed by atoms with van der Waals surface area (Å²) in [4.78, 5) is 46.3. The third-order valence-electron chi connectivity index (χ3n) is 3.95. The smallest absolute Gasteiger partial charge is 0.276 e. The van der Waals surface area contributed by atoms with Gasteiger partial charge in [0.1, 0.15) is 11.8 Å². The van der Waals surface area contributed by atoms with Gasteiger partial charge in [-0.15, -0.1) is 0 Å². The molecule has 0 spiro atoms. The molecule has 3 N–H and O–H groups in total. The standard InChI is InChI=1S/C20H22N4O6/c1-12-7-13(2)9-17(8-12)30-11-18(25)22-23-19(26)14(3)21-20(27)15-5-4-6-16(10-15)24(28)29/h4-10,14H,11H2,1-3H3,(H,21,27)(H,22,25)(H,23,26). The molecule has 0 aromatic heterocycles. The molecule has 2 aromatic rings. The fraction of sp³-hybridized carbons (Fsp3) is 0.250. The minimum Gasteiger partial charge on any atom is -0.484 e. The van der Waals surface area contributed by atoms with E-state index < -0.39 is 28.7 Å². The summed E-state index contributed by atoms with van der Waals surface area (Å²) in [7, 11) is 0. The summed E-state index contributed by atoms with van der Waals surface area (Å²) in [6.45, 7) is 4.91. The van der Waals surface area contributed by atoms with Gasteiger partial charge in [0.25, 0.3) is 23.4 Å². The summed E-state index contributed by atoms with van der Waals surface area (Å²) < 4.78 is 5.39. The number of benzene rings is 2. The number of carbonyl (C=O) groups is 3. The molecule has 0 heterocycles. The largest absolute Gasteiger partial charge is 0.484 e. The van der Waals surface area contributed by atoms with Crippen molar-refractivity contribution in [2.24, 2.45) is 0 Å². The highest BCUT2D eigenvalue weighted by atomic mass is 16.6. The number of nitrogens with one attached hydrogen (secondary N) is 3. The average molecular weight is 414 g/mol. The summed E-state index contributed by atoms with van der Waals surface area (Å²) in [5, 5.41) is 13.2. The molecule has 3 amide bonds. The Kier molecular flexibility index (Phi) is 7.45. The molecule has 0 aliphatic carbocycles. The predicted octanol–water partition coefficient (Wildman–Crippen LogP) is 1.56. The second kappa shape index (κ2) is 10.0. The van der Waals surface area contributed by atoms with E-state index in [1.807, 2.05) is 19.9 Å². The zero-order valence-electron chi connectivity index (χ0n) is 16.7. The highest BCUT2D eigenvalue weighted by Gasteiger charge is 2.18. The number of rotatable bonds is 7. The van der Waals surface area contributed by atoms with Gasteiger partial charge < -0.3 is 10.1 Å². The van der Waals surface area contributed by atoms with Crippen molar-refractivity contribution in [2.45, 2.75) is 26.8 Å². The van der Waals surface area contributed by atoms with E-state index in [4.69, 9.17) is 4.74 Å². The van der Waals surface area contributed by atoms with Gasteiger partial charge in [-0.3, -0.25) is 35.3 Å². The van der Waals surface area contributed by atoms with Crippen LogP contribution in [0.5, 0.6) is 5.75 Å². The van der Waals surface area contributed by atoms with Crippen LogP contribution in [0.2, 0.25) is 0 Å². The molecule has 0 saturated heterocycles. The monoisotopic (exact) mass is 414 g/mol. The molecule has 10 nitrogen and oxygen atoms in total. The number of nitro benzene ring substituents is 1. The maximum absolute atomic E-state index is 12.2. The molecule has 0 bridgehead atoms. The van der Waals surface area contributed by atoms with Crippen LogP contribution < -0.4 is 20.9 Å². The van der Waals surface area contributed by atoms with Crippen LogP contribution in [0.1, 0.15) is 28.4 Å². The summed E-state index contributed by atoms with van der Waals surface area (Å²) in [5.74, 6) is -1.38. The fourth-order valence-corrected chi connectivity index (χ4v) is 2.55. The molecule has 10 heteroatoms. The first-order chi connectivity index (χ1) is 14.2. The Hall–Kier alpha value is -3.95. The molecule has 0 aliphatic rings. The van der Waals surface area contributed by atoms with Gasteiger partial charge in [0.05, 0.1) is 4.92 Å². The summed E-state index contributed by atoms with van der Waals surface area (Å²) in [6.07, 6.45) is 0. The Bertz CT molecular complexity index is 955. The van der Waals surface area contributed by atoms with E-state index in [9.17, 15) is 24.5 Å². The number of non-ortho nitro benzene ring substituents is 1. The molecule has 0 aliphatic heterocycles. The van der Waals surface area contributed by atoms with E-state index in [0.717, 1.165) is 17.2 Å². The Morgan fingerprint density at radius 3 is 2.37 bits per heavy atom. The van der Waals surface area contributed by atoms with Crippen LogP contribution in [0.25, 0.3) is 0 Å². The van der Waals surface area contributed by atoms with Crippen molar-refractivity contribution in [3.05, 3.63) is 69.3 Å². The highest BCUT2D eigenvalue weighted by Crippen LogP contribution is 2.16. The molecule has 2 aromatic carbocycles. The summed E-state index contributed by atoms with van der Waals surface area (Å²) in [6, 6.07) is 9.64. The number of amides is 3. The van der Waals surface area contributed by atoms with Crippen LogP contribution in [0.15, 0.2) is 42.5 Å². The van der Waals surface area contributed by atoms with E-state index in [0.29, 0.717) is 5.75 Å². The van der Waals surface area contributed by atoms with Crippen molar-refractivity contribution in [1.29, 1.82) is 0 Å². The average Bonchev–Trinajstić information content (AvgIpc) is 2.69. The van der Waals surface area contributed by atoms with E-state index in [1.165, 1.54) is 25.1 Å². The Morgan fingerprint density at radius 2 is 1.73 bits per heavy atom. The zero-order chi connectivity index (χ0) is 22.3. The Balaban J connectivity index is 1.80. The lowest BCUT2D eigenvalue weighted by atomic mass is 10.1. The summed E-state index contributed by atoms with van der Waals surface area (Å²) in [5.41, 5.74) is 6.16.